The van der Waals surface area contributed by atoms with Crippen LogP contribution in [0.3, 0.4) is 0 Å². The van der Waals surface area contributed by atoms with E-state index in [2.05, 4.69) is 13.8 Å². The fourth-order valence-corrected chi connectivity index (χ4v) is 7.36. The van der Waals surface area contributed by atoms with E-state index in [1.54, 1.807) is 0 Å². The van der Waals surface area contributed by atoms with Crippen molar-refractivity contribution >= 4 is 33.1 Å². The Bertz CT molecular complexity index is 1560. The maximum atomic E-state index is 13.8. The molecule has 268 valence electrons. The lowest BCUT2D eigenvalue weighted by Gasteiger charge is -2.20. The van der Waals surface area contributed by atoms with E-state index in [0.717, 1.165) is 58.7 Å². The Morgan fingerprint density at radius 3 is 1.02 bits per heavy atom. The van der Waals surface area contributed by atoms with E-state index in [1.165, 1.54) is 103 Å². The Kier molecular flexibility index (Phi) is 15.2. The normalized spacial score (nSPS) is 12.4. The Balaban J connectivity index is 1.23. The monoisotopic (exact) mass is 676 g/mol. The van der Waals surface area contributed by atoms with Crippen LogP contribution in [-0.2, 0) is 0 Å². The molecule has 4 heteroatoms. The zero-order valence-electron chi connectivity index (χ0n) is 31.0. The third kappa shape index (κ3) is 10.4. The summed E-state index contributed by atoms with van der Waals surface area (Å²) in [5, 5.41) is 3.70. The molecule has 1 aliphatic rings. The van der Waals surface area contributed by atoms with Gasteiger partial charge >= 0.3 is 0 Å². The molecule has 0 unspecified atom stereocenters. The van der Waals surface area contributed by atoms with E-state index in [4.69, 9.17) is 9.47 Å². The molecule has 50 heavy (non-hydrogen) atoms. The van der Waals surface area contributed by atoms with Crippen molar-refractivity contribution in [3.05, 3.63) is 82.9 Å². The molecule has 0 atom stereocenters. The summed E-state index contributed by atoms with van der Waals surface area (Å²) in [4.78, 5) is 27.6. The molecule has 4 nitrogen and oxygen atoms in total. The van der Waals surface area contributed by atoms with E-state index < -0.39 is 0 Å². The van der Waals surface area contributed by atoms with Crippen molar-refractivity contribution in [1.82, 2.24) is 0 Å². The van der Waals surface area contributed by atoms with Crippen molar-refractivity contribution < 1.29 is 19.1 Å². The molecule has 0 saturated heterocycles. The van der Waals surface area contributed by atoms with Crippen LogP contribution in [0.2, 0.25) is 0 Å². The number of carbonyl (C=O) groups excluding carboxylic acids is 2. The summed E-state index contributed by atoms with van der Waals surface area (Å²) < 4.78 is 12.8. The average molecular weight is 677 g/mol. The Labute approximate surface area is 301 Å². The molecule has 0 amide bonds. The van der Waals surface area contributed by atoms with Crippen molar-refractivity contribution in [2.24, 2.45) is 0 Å². The average Bonchev–Trinajstić information content (AvgIpc) is 3.14. The van der Waals surface area contributed by atoms with Gasteiger partial charge < -0.3 is 9.47 Å². The van der Waals surface area contributed by atoms with Gasteiger partial charge in [-0.25, -0.2) is 0 Å². The molecule has 0 fully saturated rings. The van der Waals surface area contributed by atoms with Crippen LogP contribution < -0.4 is 9.47 Å². The highest BCUT2D eigenvalue weighted by molar-refractivity contribution is 6.30. The van der Waals surface area contributed by atoms with Crippen LogP contribution >= 0.6 is 0 Å². The second-order valence-electron chi connectivity index (χ2n) is 14.5. The van der Waals surface area contributed by atoms with E-state index in [-0.39, 0.29) is 11.6 Å². The predicted octanol–water partition coefficient (Wildman–Crippen LogP) is 13.4. The van der Waals surface area contributed by atoms with Crippen LogP contribution in [0.15, 0.2) is 60.7 Å². The number of benzene rings is 4. The van der Waals surface area contributed by atoms with Gasteiger partial charge in [0.25, 0.3) is 0 Å². The summed E-state index contributed by atoms with van der Waals surface area (Å²) in [7, 11) is 0. The summed E-state index contributed by atoms with van der Waals surface area (Å²) in [6.45, 7) is 5.81. The minimum Gasteiger partial charge on any atom is -0.490 e. The quantitative estimate of drug-likeness (QED) is 0.0610. The van der Waals surface area contributed by atoms with Gasteiger partial charge in [0.05, 0.1) is 13.2 Å². The van der Waals surface area contributed by atoms with Crippen LogP contribution in [0.4, 0.5) is 0 Å². The number of carbonyl (C=O) groups is 2. The molecule has 0 saturated carbocycles. The first kappa shape index (κ1) is 37.6. The van der Waals surface area contributed by atoms with Gasteiger partial charge in [0.15, 0.2) is 23.1 Å². The first-order valence-corrected chi connectivity index (χ1v) is 20.1. The predicted molar refractivity (Wildman–Crippen MR) is 209 cm³/mol. The fourth-order valence-electron chi connectivity index (χ4n) is 7.36. The second kappa shape index (κ2) is 20.3. The molecule has 0 aliphatic heterocycles. The molecule has 4 aromatic rings. The SMILES string of the molecule is CCCCCCCCCCCCOc1cc2cc3c(cc2cc1OCCCCCCCCCCCC)C(=O)c1cc2ccccc2cc1C3=O. The minimum atomic E-state index is -0.101. The van der Waals surface area contributed by atoms with Gasteiger partial charge in [-0.3, -0.25) is 9.59 Å². The van der Waals surface area contributed by atoms with Crippen LogP contribution in [0.25, 0.3) is 21.5 Å². The topological polar surface area (TPSA) is 52.6 Å². The van der Waals surface area contributed by atoms with Gasteiger partial charge in [-0.2, -0.15) is 0 Å². The number of rotatable bonds is 24. The number of hydrogen-bond donors (Lipinski definition) is 0. The molecule has 0 aromatic heterocycles. The van der Waals surface area contributed by atoms with E-state index in [0.29, 0.717) is 35.5 Å². The molecule has 4 aromatic carbocycles. The zero-order valence-corrected chi connectivity index (χ0v) is 31.0. The third-order valence-electron chi connectivity index (χ3n) is 10.4. The smallest absolute Gasteiger partial charge is 0.194 e. The Hall–Kier alpha value is -3.66. The van der Waals surface area contributed by atoms with Crippen LogP contribution in [0, 0.1) is 0 Å². The number of fused-ring (bicyclic) bond motifs is 4. The van der Waals surface area contributed by atoms with Gasteiger partial charge in [0, 0.05) is 22.3 Å². The Morgan fingerprint density at radius 1 is 0.380 bits per heavy atom. The minimum absolute atomic E-state index is 0.101. The highest BCUT2D eigenvalue weighted by Crippen LogP contribution is 2.38. The van der Waals surface area contributed by atoms with E-state index >= 15 is 0 Å². The van der Waals surface area contributed by atoms with Crippen molar-refractivity contribution in [3.63, 3.8) is 0 Å². The van der Waals surface area contributed by atoms with Gasteiger partial charge in [0.2, 0.25) is 0 Å². The number of unbranched alkanes of at least 4 members (excludes halogenated alkanes) is 18. The van der Waals surface area contributed by atoms with Crippen molar-refractivity contribution in [2.75, 3.05) is 13.2 Å². The molecular weight excluding hydrogens is 617 g/mol. The molecule has 0 radical (unpaired) electrons. The largest absolute Gasteiger partial charge is 0.490 e. The second-order valence-corrected chi connectivity index (χ2v) is 14.5. The maximum absolute atomic E-state index is 13.8. The van der Waals surface area contributed by atoms with Gasteiger partial charge in [-0.15, -0.1) is 0 Å². The summed E-state index contributed by atoms with van der Waals surface area (Å²) in [5.41, 5.74) is 1.89. The summed E-state index contributed by atoms with van der Waals surface area (Å²) >= 11 is 0. The molecular formula is C46H60O4. The lowest BCUT2D eigenvalue weighted by atomic mass is 9.81. The summed E-state index contributed by atoms with van der Waals surface area (Å²) in [6, 6.07) is 19.4. The Morgan fingerprint density at radius 2 is 0.680 bits per heavy atom. The lowest BCUT2D eigenvalue weighted by molar-refractivity contribution is 0.0979. The molecule has 0 spiro atoms. The van der Waals surface area contributed by atoms with Crippen molar-refractivity contribution in [3.8, 4) is 11.5 Å². The first-order chi connectivity index (χ1) is 24.6. The number of ketones is 2. The zero-order chi connectivity index (χ0) is 35.0. The van der Waals surface area contributed by atoms with Crippen LogP contribution in [0.1, 0.15) is 174 Å². The highest BCUT2D eigenvalue weighted by atomic mass is 16.5. The summed E-state index contributed by atoms with van der Waals surface area (Å²) in [6.07, 6.45) is 25.6. The van der Waals surface area contributed by atoms with E-state index in [1.807, 2.05) is 60.7 Å². The highest BCUT2D eigenvalue weighted by Gasteiger charge is 2.30. The first-order valence-electron chi connectivity index (χ1n) is 20.1. The van der Waals surface area contributed by atoms with Crippen molar-refractivity contribution in [2.45, 2.75) is 142 Å². The maximum Gasteiger partial charge on any atom is 0.194 e. The van der Waals surface area contributed by atoms with Crippen LogP contribution in [0.5, 0.6) is 11.5 Å². The van der Waals surface area contributed by atoms with Gasteiger partial charge in [-0.05, 0) is 70.8 Å². The molecule has 5 rings (SSSR count). The number of hydrogen-bond acceptors (Lipinski definition) is 4. The van der Waals surface area contributed by atoms with Crippen LogP contribution in [-0.4, -0.2) is 24.8 Å². The lowest BCUT2D eigenvalue weighted by Crippen LogP contribution is -2.21. The van der Waals surface area contributed by atoms with E-state index in [9.17, 15) is 9.59 Å². The standard InChI is InChI=1S/C46H60O4/c1-3-5-7-9-11-13-15-17-19-23-27-49-43-33-37-31-41-42(46(48)40-30-36-26-22-21-25-35(36)29-39(40)45(41)47)32-38(37)34-44(43)50-28-24-20-18-16-14-12-10-8-6-4-2/h21-22,25-26,29-34H,3-20,23-24,27-28H2,1-2H3. The fraction of sp³-hybridized carbons (Fsp3) is 0.522. The summed E-state index contributed by atoms with van der Waals surface area (Å²) in [5.74, 6) is 1.25. The van der Waals surface area contributed by atoms with Crippen molar-refractivity contribution in [1.29, 1.82) is 0 Å². The molecule has 1 aliphatic carbocycles. The molecule has 0 N–H and O–H groups in total. The number of ether oxygens (including phenoxy) is 2. The molecule has 0 heterocycles. The molecule has 0 bridgehead atoms. The van der Waals surface area contributed by atoms with Gasteiger partial charge in [-0.1, -0.05) is 154 Å². The third-order valence-corrected chi connectivity index (χ3v) is 10.4. The van der Waals surface area contributed by atoms with Gasteiger partial charge in [0.1, 0.15) is 0 Å².